The van der Waals surface area contributed by atoms with Gasteiger partial charge in [-0.05, 0) is 38.7 Å². The molecule has 0 aliphatic heterocycles. The first-order valence-corrected chi connectivity index (χ1v) is 9.14. The molecule has 0 saturated heterocycles. The first-order valence-electron chi connectivity index (χ1n) is 8.39. The molecule has 2 N–H and O–H groups in total. The minimum absolute atomic E-state index is 0. The van der Waals surface area contributed by atoms with E-state index in [0.717, 1.165) is 11.1 Å². The second-order valence-corrected chi connectivity index (χ2v) is 7.26. The Bertz CT molecular complexity index is 762. The molecule has 1 aromatic heterocycles. The van der Waals surface area contributed by atoms with E-state index in [-0.39, 0.29) is 36.1 Å². The van der Waals surface area contributed by atoms with Gasteiger partial charge in [-0.3, -0.25) is 9.67 Å². The van der Waals surface area contributed by atoms with Crippen molar-refractivity contribution in [2.24, 2.45) is 12.0 Å². The second-order valence-electron chi connectivity index (χ2n) is 6.41. The van der Waals surface area contributed by atoms with Crippen molar-refractivity contribution in [1.29, 1.82) is 0 Å². The number of aliphatic imine (C=N–C) groups is 1. The molecule has 0 aliphatic rings. The lowest BCUT2D eigenvalue weighted by Gasteiger charge is -2.26. The lowest BCUT2D eigenvalue weighted by Crippen LogP contribution is -2.42. The second kappa shape index (κ2) is 11.1. The fourth-order valence-electron chi connectivity index (χ4n) is 2.73. The lowest BCUT2D eigenvalue weighted by atomic mass is 10.1. The SMILES string of the molecule is CN=C(NCC(c1cnn(C)c1)N(C)C)NC(C)c1ccc(Cl)cc1Cl.I. The van der Waals surface area contributed by atoms with Crippen molar-refractivity contribution in [3.8, 4) is 0 Å². The quantitative estimate of drug-likeness (QED) is 0.342. The Balaban J connectivity index is 0.00000364. The smallest absolute Gasteiger partial charge is 0.191 e. The van der Waals surface area contributed by atoms with E-state index in [1.54, 1.807) is 13.1 Å². The Morgan fingerprint density at radius 2 is 2.04 bits per heavy atom. The van der Waals surface area contributed by atoms with Crippen LogP contribution >= 0.6 is 47.2 Å². The molecule has 0 fully saturated rings. The summed E-state index contributed by atoms with van der Waals surface area (Å²) in [5, 5.41) is 12.3. The average molecular weight is 525 g/mol. The van der Waals surface area contributed by atoms with E-state index in [9.17, 15) is 0 Å². The number of aromatic nitrogens is 2. The third-order valence-corrected chi connectivity index (χ3v) is 4.76. The molecule has 2 rings (SSSR count). The summed E-state index contributed by atoms with van der Waals surface area (Å²) in [7, 11) is 7.76. The molecule has 0 spiro atoms. The summed E-state index contributed by atoms with van der Waals surface area (Å²) in [4.78, 5) is 6.47. The molecule has 2 aromatic rings. The average Bonchev–Trinajstić information content (AvgIpc) is 2.99. The highest BCUT2D eigenvalue weighted by Gasteiger charge is 2.17. The van der Waals surface area contributed by atoms with Gasteiger partial charge in [0.2, 0.25) is 0 Å². The van der Waals surface area contributed by atoms with Crippen LogP contribution in [-0.4, -0.2) is 48.3 Å². The van der Waals surface area contributed by atoms with Gasteiger partial charge in [0.05, 0.1) is 18.3 Å². The van der Waals surface area contributed by atoms with Crippen LogP contribution in [0.15, 0.2) is 35.6 Å². The molecule has 150 valence electrons. The van der Waals surface area contributed by atoms with Crippen molar-refractivity contribution >= 4 is 53.1 Å². The van der Waals surface area contributed by atoms with E-state index < -0.39 is 0 Å². The Kier molecular flexibility index (Phi) is 9.86. The maximum atomic E-state index is 6.30. The Morgan fingerprint density at radius 1 is 1.33 bits per heavy atom. The van der Waals surface area contributed by atoms with Crippen LogP contribution in [0.1, 0.15) is 30.1 Å². The minimum atomic E-state index is -0.0119. The van der Waals surface area contributed by atoms with E-state index >= 15 is 0 Å². The standard InChI is InChI=1S/C18H26Cl2N6.HI/c1-12(15-7-6-14(19)8-16(15)20)24-18(21-2)22-10-17(25(3)4)13-9-23-26(5)11-13;/h6-9,11-12,17H,10H2,1-5H3,(H2,21,22,24);1H. The van der Waals surface area contributed by atoms with Crippen molar-refractivity contribution in [2.45, 2.75) is 19.0 Å². The number of rotatable bonds is 6. The molecule has 0 saturated carbocycles. The van der Waals surface area contributed by atoms with Crippen LogP contribution < -0.4 is 10.6 Å². The summed E-state index contributed by atoms with van der Waals surface area (Å²) in [6.45, 7) is 2.73. The molecule has 2 atom stereocenters. The van der Waals surface area contributed by atoms with Crippen molar-refractivity contribution < 1.29 is 0 Å². The maximum absolute atomic E-state index is 6.30. The van der Waals surface area contributed by atoms with Gasteiger partial charge in [-0.2, -0.15) is 5.10 Å². The number of likely N-dealkylation sites (N-methyl/N-ethyl adjacent to an activating group) is 1. The summed E-state index contributed by atoms with van der Waals surface area (Å²) in [6, 6.07) is 5.67. The zero-order valence-electron chi connectivity index (χ0n) is 16.2. The summed E-state index contributed by atoms with van der Waals surface area (Å²) in [5.41, 5.74) is 2.12. The number of nitrogens with one attached hydrogen (secondary N) is 2. The Labute approximate surface area is 188 Å². The number of halogens is 3. The molecule has 0 amide bonds. The predicted molar refractivity (Wildman–Crippen MR) is 124 cm³/mol. The van der Waals surface area contributed by atoms with Gasteiger partial charge in [0, 0.05) is 42.4 Å². The van der Waals surface area contributed by atoms with Crippen LogP contribution in [-0.2, 0) is 7.05 Å². The number of guanidine groups is 1. The van der Waals surface area contributed by atoms with E-state index in [1.807, 2.05) is 57.3 Å². The lowest BCUT2D eigenvalue weighted by molar-refractivity contribution is 0.298. The van der Waals surface area contributed by atoms with Crippen LogP contribution in [0.3, 0.4) is 0 Å². The van der Waals surface area contributed by atoms with Gasteiger partial charge >= 0.3 is 0 Å². The number of benzene rings is 1. The summed E-state index contributed by atoms with van der Waals surface area (Å²) >= 11 is 12.3. The number of hydrogen-bond donors (Lipinski definition) is 2. The number of hydrogen-bond acceptors (Lipinski definition) is 3. The van der Waals surface area contributed by atoms with E-state index in [2.05, 4.69) is 25.6 Å². The van der Waals surface area contributed by atoms with Crippen LogP contribution in [0.2, 0.25) is 10.0 Å². The third-order valence-electron chi connectivity index (χ3n) is 4.20. The molecule has 6 nitrogen and oxygen atoms in total. The highest BCUT2D eigenvalue weighted by Crippen LogP contribution is 2.26. The zero-order chi connectivity index (χ0) is 19.3. The molecule has 0 radical (unpaired) electrons. The number of nitrogens with zero attached hydrogens (tertiary/aromatic N) is 4. The van der Waals surface area contributed by atoms with Crippen LogP contribution in [0.4, 0.5) is 0 Å². The molecule has 1 heterocycles. The predicted octanol–water partition coefficient (Wildman–Crippen LogP) is 3.87. The van der Waals surface area contributed by atoms with Gasteiger partial charge in [-0.25, -0.2) is 0 Å². The fourth-order valence-corrected chi connectivity index (χ4v) is 3.31. The maximum Gasteiger partial charge on any atom is 0.191 e. The molecule has 0 aliphatic carbocycles. The summed E-state index contributed by atoms with van der Waals surface area (Å²) in [5.74, 6) is 0.708. The monoisotopic (exact) mass is 524 g/mol. The van der Waals surface area contributed by atoms with E-state index in [1.165, 1.54) is 0 Å². The summed E-state index contributed by atoms with van der Waals surface area (Å²) in [6.07, 6.45) is 3.91. The zero-order valence-corrected chi connectivity index (χ0v) is 20.0. The van der Waals surface area contributed by atoms with Crippen molar-refractivity contribution in [1.82, 2.24) is 25.3 Å². The van der Waals surface area contributed by atoms with Crippen molar-refractivity contribution in [3.63, 3.8) is 0 Å². The van der Waals surface area contributed by atoms with E-state index in [0.29, 0.717) is 22.5 Å². The van der Waals surface area contributed by atoms with Gasteiger partial charge < -0.3 is 15.5 Å². The summed E-state index contributed by atoms with van der Waals surface area (Å²) < 4.78 is 1.81. The number of aryl methyl sites for hydroxylation is 1. The highest BCUT2D eigenvalue weighted by atomic mass is 127. The van der Waals surface area contributed by atoms with Crippen molar-refractivity contribution in [2.75, 3.05) is 27.7 Å². The van der Waals surface area contributed by atoms with Gasteiger partial charge in [0.25, 0.3) is 0 Å². The molecule has 0 bridgehead atoms. The first-order chi connectivity index (χ1) is 12.3. The normalized spacial score (nSPS) is 13.9. The van der Waals surface area contributed by atoms with Crippen LogP contribution in [0, 0.1) is 0 Å². The van der Waals surface area contributed by atoms with Crippen molar-refractivity contribution in [3.05, 3.63) is 51.8 Å². The van der Waals surface area contributed by atoms with Gasteiger partial charge in [-0.15, -0.1) is 24.0 Å². The van der Waals surface area contributed by atoms with Gasteiger partial charge in [0.1, 0.15) is 0 Å². The van der Waals surface area contributed by atoms with E-state index in [4.69, 9.17) is 23.2 Å². The van der Waals surface area contributed by atoms with Crippen LogP contribution in [0.25, 0.3) is 0 Å². The molecule has 2 unspecified atom stereocenters. The Hall–Kier alpha value is -1.03. The molecule has 1 aromatic carbocycles. The van der Waals surface area contributed by atoms with Gasteiger partial charge in [-0.1, -0.05) is 29.3 Å². The topological polar surface area (TPSA) is 57.5 Å². The largest absolute Gasteiger partial charge is 0.354 e. The first kappa shape index (κ1) is 24.0. The molecular weight excluding hydrogens is 498 g/mol. The minimum Gasteiger partial charge on any atom is -0.354 e. The fraction of sp³-hybridized carbons (Fsp3) is 0.444. The highest BCUT2D eigenvalue weighted by molar-refractivity contribution is 14.0. The third kappa shape index (κ3) is 6.81. The van der Waals surface area contributed by atoms with Crippen LogP contribution in [0.5, 0.6) is 0 Å². The molecule has 9 heteroatoms. The molecular formula is C18H27Cl2IN6. The van der Waals surface area contributed by atoms with Gasteiger partial charge in [0.15, 0.2) is 5.96 Å². The molecule has 27 heavy (non-hydrogen) atoms. The Morgan fingerprint density at radius 3 is 2.56 bits per heavy atom.